The zero-order valence-corrected chi connectivity index (χ0v) is 24.1. The van der Waals surface area contributed by atoms with Gasteiger partial charge in [-0.1, -0.05) is 56.7 Å². The molecule has 10 heteroatoms. The molecule has 1 unspecified atom stereocenters. The molecule has 5 rings (SSSR count). The van der Waals surface area contributed by atoms with Crippen LogP contribution in [0, 0.1) is 5.92 Å². The summed E-state index contributed by atoms with van der Waals surface area (Å²) in [5, 5.41) is 8.80. The molecule has 0 radical (unpaired) electrons. The van der Waals surface area contributed by atoms with E-state index < -0.39 is 10.0 Å². The maximum Gasteiger partial charge on any atom is 0.243 e. The van der Waals surface area contributed by atoms with Gasteiger partial charge in [-0.3, -0.25) is 0 Å². The summed E-state index contributed by atoms with van der Waals surface area (Å²) in [4.78, 5) is 5.20. The van der Waals surface area contributed by atoms with Crippen LogP contribution in [0.2, 0.25) is 0 Å². The fourth-order valence-electron chi connectivity index (χ4n) is 5.15. The summed E-state index contributed by atoms with van der Waals surface area (Å²) in [6, 6.07) is 9.33. The Morgan fingerprint density at radius 2 is 1.89 bits per heavy atom. The Labute approximate surface area is 231 Å². The minimum atomic E-state index is -3.55. The van der Waals surface area contributed by atoms with E-state index in [-0.39, 0.29) is 11.3 Å². The lowest BCUT2D eigenvalue weighted by molar-refractivity contribution is 0.275. The summed E-state index contributed by atoms with van der Waals surface area (Å²) in [6.07, 6.45) is 9.64. The molecule has 2 aromatic heterocycles. The van der Waals surface area contributed by atoms with Gasteiger partial charge in [-0.15, -0.1) is 0 Å². The molecule has 1 aromatic carbocycles. The Hall–Kier alpha value is -2.62. The molecule has 0 saturated carbocycles. The van der Waals surface area contributed by atoms with Crippen molar-refractivity contribution in [2.45, 2.75) is 56.8 Å². The Balaban J connectivity index is 1.33. The van der Waals surface area contributed by atoms with Gasteiger partial charge in [0.2, 0.25) is 10.0 Å². The molecule has 0 amide bonds. The Bertz CT molecular complexity index is 1510. The number of hydrogen-bond acceptors (Lipinski definition) is 5. The number of nitrogens with one attached hydrogen (secondary N) is 1. The molecule has 0 bridgehead atoms. The van der Waals surface area contributed by atoms with E-state index in [4.69, 9.17) is 16.6 Å². The average molecular weight is 552 g/mol. The van der Waals surface area contributed by atoms with Crippen molar-refractivity contribution in [3.63, 3.8) is 0 Å². The molecule has 3 heterocycles. The highest BCUT2D eigenvalue weighted by Crippen LogP contribution is 2.32. The molecule has 1 fully saturated rings. The van der Waals surface area contributed by atoms with E-state index in [0.717, 1.165) is 64.5 Å². The summed E-state index contributed by atoms with van der Waals surface area (Å²) >= 11 is 6.52. The topological polar surface area (TPSA) is 79.6 Å². The van der Waals surface area contributed by atoms with E-state index >= 15 is 0 Å². The van der Waals surface area contributed by atoms with Crippen molar-refractivity contribution in [3.8, 4) is 0 Å². The van der Waals surface area contributed by atoms with Crippen molar-refractivity contribution >= 4 is 52.0 Å². The van der Waals surface area contributed by atoms with Crippen LogP contribution >= 0.6 is 11.6 Å². The SMILES string of the molecule is Bc1cnn2c(NCC3CCCN(S(=O)(=O)c4ccc(C(C)(C)C)cc4)C3)cc(C3=CCCC=C3Cl)nc12. The first-order valence-electron chi connectivity index (χ1n) is 13.3. The lowest BCUT2D eigenvalue weighted by Gasteiger charge is -2.32. The molecular weight excluding hydrogens is 517 g/mol. The standard InChI is InChI=1S/C28H35BClN5O2S/c1-28(2,3)20-10-12-21(13-11-20)38(36,37)34-14-6-7-19(18-34)16-31-26-15-25(22-8-4-5-9-24(22)30)33-27-23(29)17-32-35(26)27/h8-13,15,17,19,31H,4-7,14,16,18,29H2,1-3H3. The third-order valence-corrected chi connectivity index (χ3v) is 9.67. The van der Waals surface area contributed by atoms with Gasteiger partial charge in [-0.2, -0.15) is 13.9 Å². The first-order valence-corrected chi connectivity index (χ1v) is 15.1. The van der Waals surface area contributed by atoms with Crippen molar-refractivity contribution in [2.24, 2.45) is 5.92 Å². The predicted octanol–water partition coefficient (Wildman–Crippen LogP) is 4.10. The molecule has 200 valence electrons. The van der Waals surface area contributed by atoms with Crippen LogP contribution in [0.5, 0.6) is 0 Å². The van der Waals surface area contributed by atoms with Gasteiger partial charge in [0.05, 0.1) is 10.6 Å². The lowest BCUT2D eigenvalue weighted by Crippen LogP contribution is -2.41. The van der Waals surface area contributed by atoms with Gasteiger partial charge in [0.1, 0.15) is 13.7 Å². The molecule has 1 aliphatic carbocycles. The van der Waals surface area contributed by atoms with Crippen LogP contribution in [-0.4, -0.2) is 54.8 Å². The summed E-state index contributed by atoms with van der Waals surface area (Å²) in [5.41, 5.74) is 4.62. The van der Waals surface area contributed by atoms with E-state index in [2.05, 4.69) is 37.3 Å². The highest BCUT2D eigenvalue weighted by atomic mass is 35.5. The number of hydrogen-bond donors (Lipinski definition) is 1. The second kappa shape index (κ2) is 10.5. The Morgan fingerprint density at radius 1 is 1.16 bits per heavy atom. The van der Waals surface area contributed by atoms with E-state index in [0.29, 0.717) is 24.5 Å². The number of anilines is 1. The van der Waals surface area contributed by atoms with E-state index in [1.165, 1.54) is 0 Å². The fraction of sp³-hybridized carbons (Fsp3) is 0.429. The summed E-state index contributed by atoms with van der Waals surface area (Å²) in [7, 11) is -1.56. The lowest BCUT2D eigenvalue weighted by atomic mass is 9.87. The molecule has 38 heavy (non-hydrogen) atoms. The fourth-order valence-corrected chi connectivity index (χ4v) is 6.98. The molecule has 0 spiro atoms. The van der Waals surface area contributed by atoms with Crippen molar-refractivity contribution in [1.82, 2.24) is 18.9 Å². The van der Waals surface area contributed by atoms with Crippen LogP contribution in [-0.2, 0) is 15.4 Å². The summed E-state index contributed by atoms with van der Waals surface area (Å²) in [6.45, 7) is 8.03. The maximum absolute atomic E-state index is 13.5. The van der Waals surface area contributed by atoms with Crippen molar-refractivity contribution < 1.29 is 8.42 Å². The van der Waals surface area contributed by atoms with Gasteiger partial charge in [-0.05, 0) is 60.2 Å². The molecule has 2 aliphatic rings. The predicted molar refractivity (Wildman–Crippen MR) is 157 cm³/mol. The summed E-state index contributed by atoms with van der Waals surface area (Å²) < 4.78 is 30.4. The van der Waals surface area contributed by atoms with Crippen LogP contribution in [0.4, 0.5) is 5.82 Å². The quantitative estimate of drug-likeness (QED) is 0.467. The zero-order chi connectivity index (χ0) is 27.1. The summed E-state index contributed by atoms with van der Waals surface area (Å²) in [5.74, 6) is 1.000. The van der Waals surface area contributed by atoms with Gasteiger partial charge in [0.15, 0.2) is 5.65 Å². The third-order valence-electron chi connectivity index (χ3n) is 7.43. The highest BCUT2D eigenvalue weighted by molar-refractivity contribution is 7.89. The minimum absolute atomic E-state index is 0.0231. The number of nitrogens with zero attached hydrogens (tertiary/aromatic N) is 4. The maximum atomic E-state index is 13.5. The smallest absolute Gasteiger partial charge is 0.243 e. The Kier molecular flexibility index (Phi) is 7.46. The second-order valence-corrected chi connectivity index (χ2v) is 13.7. The minimum Gasteiger partial charge on any atom is -0.370 e. The first-order chi connectivity index (χ1) is 18.0. The van der Waals surface area contributed by atoms with Crippen molar-refractivity contribution in [3.05, 3.63) is 65.0 Å². The normalized spacial score (nSPS) is 19.3. The van der Waals surface area contributed by atoms with Crippen molar-refractivity contribution in [2.75, 3.05) is 25.0 Å². The van der Waals surface area contributed by atoms with Crippen LogP contribution in [0.25, 0.3) is 11.2 Å². The molecule has 1 saturated heterocycles. The molecule has 7 nitrogen and oxygen atoms in total. The number of halogens is 1. The average Bonchev–Trinajstić information content (AvgIpc) is 3.28. The van der Waals surface area contributed by atoms with Gasteiger partial charge in [-0.25, -0.2) is 13.4 Å². The van der Waals surface area contributed by atoms with Crippen LogP contribution in [0.15, 0.2) is 58.6 Å². The zero-order valence-electron chi connectivity index (χ0n) is 22.5. The van der Waals surface area contributed by atoms with Crippen LogP contribution in [0.1, 0.15) is 57.7 Å². The van der Waals surface area contributed by atoms with Gasteiger partial charge in [0, 0.05) is 42.5 Å². The van der Waals surface area contributed by atoms with Crippen LogP contribution < -0.4 is 10.8 Å². The first kappa shape index (κ1) is 27.0. The van der Waals surface area contributed by atoms with Gasteiger partial charge < -0.3 is 5.32 Å². The number of piperidine rings is 1. The number of allylic oxidation sites excluding steroid dienone is 4. The van der Waals surface area contributed by atoms with Gasteiger partial charge in [0.25, 0.3) is 0 Å². The molecule has 1 N–H and O–H groups in total. The largest absolute Gasteiger partial charge is 0.370 e. The monoisotopic (exact) mass is 551 g/mol. The van der Waals surface area contributed by atoms with E-state index in [1.54, 1.807) is 16.4 Å². The number of rotatable bonds is 6. The Morgan fingerprint density at radius 3 is 2.61 bits per heavy atom. The number of fused-ring (bicyclic) bond motifs is 1. The van der Waals surface area contributed by atoms with Crippen LogP contribution in [0.3, 0.4) is 0 Å². The molecular formula is C28H35BClN5O2S. The molecule has 3 aromatic rings. The number of benzene rings is 1. The molecule has 1 atom stereocenters. The van der Waals surface area contributed by atoms with Crippen molar-refractivity contribution in [1.29, 1.82) is 0 Å². The third kappa shape index (κ3) is 5.42. The van der Waals surface area contributed by atoms with E-state index in [9.17, 15) is 8.42 Å². The molecule has 1 aliphatic heterocycles. The number of sulfonamides is 1. The van der Waals surface area contributed by atoms with E-state index in [1.807, 2.05) is 42.8 Å². The van der Waals surface area contributed by atoms with Gasteiger partial charge >= 0.3 is 0 Å². The second-order valence-electron chi connectivity index (χ2n) is 11.4. The highest BCUT2D eigenvalue weighted by Gasteiger charge is 2.30. The number of aromatic nitrogens is 3.